The van der Waals surface area contributed by atoms with Gasteiger partial charge in [-0.3, -0.25) is 19.3 Å². The summed E-state index contributed by atoms with van der Waals surface area (Å²) in [4.78, 5) is 38.6. The summed E-state index contributed by atoms with van der Waals surface area (Å²) in [5, 5.41) is 11.4. The molecule has 1 aliphatic rings. The molecule has 7 heteroatoms. The van der Waals surface area contributed by atoms with Crippen molar-refractivity contribution in [2.75, 3.05) is 17.6 Å². The zero-order valence-electron chi connectivity index (χ0n) is 13.1. The lowest BCUT2D eigenvalue weighted by atomic mass is 10.1. The van der Waals surface area contributed by atoms with Crippen molar-refractivity contribution in [3.05, 3.63) is 59.7 Å². The van der Waals surface area contributed by atoms with E-state index in [9.17, 15) is 14.4 Å². The second-order valence-corrected chi connectivity index (χ2v) is 6.25. The van der Waals surface area contributed by atoms with E-state index in [0.29, 0.717) is 16.8 Å². The molecule has 0 unspecified atom stereocenters. The molecule has 0 aliphatic carbocycles. The van der Waals surface area contributed by atoms with Gasteiger partial charge < -0.3 is 5.32 Å². The molecule has 0 aromatic heterocycles. The molecule has 0 radical (unpaired) electrons. The lowest BCUT2D eigenvalue weighted by molar-refractivity contribution is -0.116. The molecule has 124 valence electrons. The summed E-state index contributed by atoms with van der Waals surface area (Å²) in [7, 11) is 0. The lowest BCUT2D eigenvalue weighted by Gasteiger charge is -2.15. The van der Waals surface area contributed by atoms with Gasteiger partial charge in [-0.2, -0.15) is 5.26 Å². The molecular weight excluding hydrogens is 338 g/mol. The predicted molar refractivity (Wildman–Crippen MR) is 93.2 cm³/mol. The van der Waals surface area contributed by atoms with Crippen molar-refractivity contribution < 1.29 is 14.4 Å². The number of hydrogen-bond donors (Lipinski definition) is 1. The standard InChI is InChI=1S/C18H13N3O3S/c19-9-10-25-15-8-4-3-7-14(15)20-16(22)11-21-17(23)12-5-1-2-6-13(12)18(21)24/h1-8H,10-11H2,(H,20,22). The van der Waals surface area contributed by atoms with Crippen LogP contribution in [0.2, 0.25) is 0 Å². The Hall–Kier alpha value is -3.11. The first-order valence-corrected chi connectivity index (χ1v) is 8.44. The van der Waals surface area contributed by atoms with Gasteiger partial charge in [-0.05, 0) is 24.3 Å². The van der Waals surface area contributed by atoms with E-state index in [-0.39, 0.29) is 12.3 Å². The Kier molecular flexibility index (Phi) is 4.82. The number of nitrogens with zero attached hydrogens (tertiary/aromatic N) is 2. The second kappa shape index (κ2) is 7.20. The minimum atomic E-state index is -0.473. The van der Waals surface area contributed by atoms with Gasteiger partial charge in [0.15, 0.2) is 0 Å². The topological polar surface area (TPSA) is 90.3 Å². The maximum Gasteiger partial charge on any atom is 0.262 e. The van der Waals surface area contributed by atoms with Crippen LogP contribution < -0.4 is 5.32 Å². The fraction of sp³-hybridized carbons (Fsp3) is 0.111. The predicted octanol–water partition coefficient (Wildman–Crippen LogP) is 2.54. The van der Waals surface area contributed by atoms with Crippen molar-refractivity contribution in [2.45, 2.75) is 4.90 Å². The molecular formula is C18H13N3O3S. The Bertz CT molecular complexity index is 869. The number of fused-ring (bicyclic) bond motifs is 1. The van der Waals surface area contributed by atoms with Crippen LogP contribution in [0.5, 0.6) is 0 Å². The Morgan fingerprint density at radius 2 is 1.64 bits per heavy atom. The van der Waals surface area contributed by atoms with Gasteiger partial charge in [-0.1, -0.05) is 24.3 Å². The fourth-order valence-corrected chi connectivity index (χ4v) is 3.19. The summed E-state index contributed by atoms with van der Waals surface area (Å²) in [6.45, 7) is -0.358. The molecule has 0 atom stereocenters. The molecule has 2 aromatic rings. The molecule has 1 N–H and O–H groups in total. The van der Waals surface area contributed by atoms with Crippen molar-refractivity contribution >= 4 is 35.2 Å². The highest BCUT2D eigenvalue weighted by molar-refractivity contribution is 7.99. The maximum absolute atomic E-state index is 12.3. The first-order valence-electron chi connectivity index (χ1n) is 7.45. The second-order valence-electron chi connectivity index (χ2n) is 5.23. The van der Waals surface area contributed by atoms with Crippen LogP contribution in [0.15, 0.2) is 53.4 Å². The summed E-state index contributed by atoms with van der Waals surface area (Å²) >= 11 is 1.30. The Morgan fingerprint density at radius 1 is 1.04 bits per heavy atom. The smallest absolute Gasteiger partial charge is 0.262 e. The quantitative estimate of drug-likeness (QED) is 0.660. The van der Waals surface area contributed by atoms with Crippen molar-refractivity contribution in [2.24, 2.45) is 0 Å². The van der Waals surface area contributed by atoms with E-state index in [0.717, 1.165) is 9.80 Å². The van der Waals surface area contributed by atoms with Crippen LogP contribution in [-0.2, 0) is 4.79 Å². The van der Waals surface area contributed by atoms with Gasteiger partial charge in [-0.25, -0.2) is 0 Å². The van der Waals surface area contributed by atoms with Gasteiger partial charge in [0.25, 0.3) is 11.8 Å². The summed E-state index contributed by atoms with van der Waals surface area (Å²) < 4.78 is 0. The third kappa shape index (κ3) is 3.39. The van der Waals surface area contributed by atoms with E-state index in [4.69, 9.17) is 5.26 Å². The molecule has 0 fully saturated rings. The van der Waals surface area contributed by atoms with Crippen LogP contribution in [0.1, 0.15) is 20.7 Å². The molecule has 3 rings (SSSR count). The van der Waals surface area contributed by atoms with Gasteiger partial charge in [0.1, 0.15) is 6.54 Å². The highest BCUT2D eigenvalue weighted by Crippen LogP contribution is 2.27. The van der Waals surface area contributed by atoms with Gasteiger partial charge in [0.2, 0.25) is 5.91 Å². The van der Waals surface area contributed by atoms with Gasteiger partial charge in [-0.15, -0.1) is 11.8 Å². The van der Waals surface area contributed by atoms with Crippen LogP contribution in [0, 0.1) is 11.3 Å². The Balaban J connectivity index is 1.72. The highest BCUT2D eigenvalue weighted by atomic mass is 32.2. The number of para-hydroxylation sites is 1. The van der Waals surface area contributed by atoms with E-state index in [1.807, 2.05) is 6.07 Å². The molecule has 3 amide bonds. The zero-order valence-corrected chi connectivity index (χ0v) is 13.9. The van der Waals surface area contributed by atoms with Crippen LogP contribution in [0.25, 0.3) is 0 Å². The molecule has 2 aromatic carbocycles. The largest absolute Gasteiger partial charge is 0.324 e. The number of hydrogen-bond acceptors (Lipinski definition) is 5. The molecule has 6 nitrogen and oxygen atoms in total. The first-order chi connectivity index (χ1) is 12.1. The monoisotopic (exact) mass is 351 g/mol. The number of anilines is 1. The number of carbonyl (C=O) groups is 3. The van der Waals surface area contributed by atoms with Gasteiger partial charge in [0.05, 0.1) is 28.6 Å². The normalized spacial score (nSPS) is 12.7. The molecule has 0 bridgehead atoms. The number of thioether (sulfide) groups is 1. The Labute approximate surface area is 148 Å². The van der Waals surface area contributed by atoms with Crippen molar-refractivity contribution in [1.29, 1.82) is 5.26 Å². The van der Waals surface area contributed by atoms with Gasteiger partial charge >= 0.3 is 0 Å². The van der Waals surface area contributed by atoms with Crippen molar-refractivity contribution in [3.8, 4) is 6.07 Å². The number of nitriles is 1. The Morgan fingerprint density at radius 3 is 2.28 bits per heavy atom. The van der Waals surface area contributed by atoms with Crippen molar-refractivity contribution in [3.63, 3.8) is 0 Å². The average molecular weight is 351 g/mol. The first kappa shape index (κ1) is 16.7. The summed E-state index contributed by atoms with van der Waals surface area (Å²) in [5.74, 6) is -1.16. The summed E-state index contributed by atoms with van der Waals surface area (Å²) in [6, 6.07) is 15.6. The third-order valence-corrected chi connectivity index (χ3v) is 4.57. The summed E-state index contributed by atoms with van der Waals surface area (Å²) in [6.07, 6.45) is 0. The molecule has 25 heavy (non-hydrogen) atoms. The number of imide groups is 1. The summed E-state index contributed by atoms with van der Waals surface area (Å²) in [5.41, 5.74) is 1.17. The van der Waals surface area contributed by atoms with E-state index < -0.39 is 17.7 Å². The number of carbonyl (C=O) groups excluding carboxylic acids is 3. The van der Waals surface area contributed by atoms with Crippen LogP contribution in [-0.4, -0.2) is 34.9 Å². The molecule has 1 heterocycles. The zero-order chi connectivity index (χ0) is 17.8. The SMILES string of the molecule is N#CCSc1ccccc1NC(=O)CN1C(=O)c2ccccc2C1=O. The van der Waals surface area contributed by atoms with Crippen LogP contribution in [0.3, 0.4) is 0 Å². The number of benzene rings is 2. The van der Waals surface area contributed by atoms with Gasteiger partial charge in [0, 0.05) is 4.90 Å². The van der Waals surface area contributed by atoms with Crippen LogP contribution in [0.4, 0.5) is 5.69 Å². The van der Waals surface area contributed by atoms with Crippen molar-refractivity contribution in [1.82, 2.24) is 4.90 Å². The average Bonchev–Trinajstić information content (AvgIpc) is 2.86. The fourth-order valence-electron chi connectivity index (χ4n) is 2.52. The lowest BCUT2D eigenvalue weighted by Crippen LogP contribution is -2.37. The number of amides is 3. The van der Waals surface area contributed by atoms with E-state index in [1.165, 1.54) is 11.8 Å². The number of nitrogens with one attached hydrogen (secondary N) is 1. The maximum atomic E-state index is 12.3. The number of rotatable bonds is 5. The molecule has 0 spiro atoms. The van der Waals surface area contributed by atoms with Crippen LogP contribution >= 0.6 is 11.8 Å². The van der Waals surface area contributed by atoms with E-state index >= 15 is 0 Å². The molecule has 0 saturated heterocycles. The molecule has 1 aliphatic heterocycles. The minimum Gasteiger partial charge on any atom is -0.324 e. The third-order valence-electron chi connectivity index (χ3n) is 3.63. The minimum absolute atomic E-state index is 0.255. The highest BCUT2D eigenvalue weighted by Gasteiger charge is 2.36. The van der Waals surface area contributed by atoms with E-state index in [2.05, 4.69) is 5.32 Å². The molecule has 0 saturated carbocycles. The van der Waals surface area contributed by atoms with E-state index in [1.54, 1.807) is 48.5 Å².